The third-order valence-electron chi connectivity index (χ3n) is 10.2. The lowest BCUT2D eigenvalue weighted by atomic mass is 10.0. The number of aryl methyl sites for hydroxylation is 2. The van der Waals surface area contributed by atoms with Gasteiger partial charge in [-0.25, -0.2) is 0 Å². The molecular weight excluding hydrogens is 797 g/mol. The van der Waals surface area contributed by atoms with Crippen LogP contribution in [0, 0.1) is 13.8 Å². The first-order chi connectivity index (χ1) is 29.1. The van der Waals surface area contributed by atoms with E-state index in [1.54, 1.807) is 36.5 Å². The Hall–Kier alpha value is -2.83. The number of aliphatic hydroxyl groups excluding tert-OH is 2. The van der Waals surface area contributed by atoms with Crippen LogP contribution in [0.25, 0.3) is 0 Å². The number of rotatable bonds is 37. The smallest absolute Gasteiger partial charge is 0.306 e. The maximum Gasteiger partial charge on any atom is 0.306 e. The van der Waals surface area contributed by atoms with Crippen molar-refractivity contribution >= 4 is 19.8 Å². The molecule has 1 rings (SSSR count). The van der Waals surface area contributed by atoms with Crippen molar-refractivity contribution in [3.05, 3.63) is 71.3 Å². The zero-order valence-electron chi connectivity index (χ0n) is 38.8. The number of phosphoric acid groups is 1. The summed E-state index contributed by atoms with van der Waals surface area (Å²) in [4.78, 5) is 37.7. The molecule has 1 unspecified atom stereocenters. The quantitative estimate of drug-likeness (QED) is 0.0163. The summed E-state index contributed by atoms with van der Waals surface area (Å²) >= 11 is 0. The Morgan fingerprint density at radius 3 is 1.93 bits per heavy atom. The molecule has 1 aromatic rings. The average Bonchev–Trinajstić information content (AvgIpc) is 3.46. The van der Waals surface area contributed by atoms with Gasteiger partial charge < -0.3 is 42.5 Å². The number of hydrogen-bond acceptors (Lipinski definition) is 11. The molecule has 0 spiro atoms. The maximum absolute atomic E-state index is 12.7. The van der Waals surface area contributed by atoms with Crippen LogP contribution >= 0.6 is 7.82 Å². The summed E-state index contributed by atoms with van der Waals surface area (Å²) in [6, 6.07) is 0. The molecule has 61 heavy (non-hydrogen) atoms. The molecule has 0 radical (unpaired) electrons. The first-order valence-electron chi connectivity index (χ1n) is 22.9. The van der Waals surface area contributed by atoms with E-state index in [1.165, 1.54) is 36.8 Å². The van der Waals surface area contributed by atoms with Gasteiger partial charge in [-0.05, 0) is 76.3 Å². The first-order valence-corrected chi connectivity index (χ1v) is 24.4. The number of hydrogen-bond donors (Lipinski definition) is 2. The molecule has 13 heteroatoms. The van der Waals surface area contributed by atoms with Crippen LogP contribution in [0.3, 0.4) is 0 Å². The lowest BCUT2D eigenvalue weighted by molar-refractivity contribution is -0.870. The summed E-state index contributed by atoms with van der Waals surface area (Å²) in [5, 5.41) is 20.4. The Morgan fingerprint density at radius 2 is 1.30 bits per heavy atom. The molecule has 0 aliphatic heterocycles. The Balaban J connectivity index is 2.49. The normalized spacial score (nSPS) is 15.0. The number of ether oxygens (including phenoxy) is 2. The number of allylic oxidation sites excluding steroid dienone is 5. The van der Waals surface area contributed by atoms with Gasteiger partial charge in [0.1, 0.15) is 31.3 Å². The van der Waals surface area contributed by atoms with Gasteiger partial charge in [0.25, 0.3) is 7.82 Å². The van der Waals surface area contributed by atoms with Crippen LogP contribution < -0.4 is 4.89 Å². The predicted molar refractivity (Wildman–Crippen MR) is 242 cm³/mol. The Morgan fingerprint density at radius 1 is 0.721 bits per heavy atom. The predicted octanol–water partition coefficient (Wildman–Crippen LogP) is 9.65. The first kappa shape index (κ1) is 56.2. The van der Waals surface area contributed by atoms with Crippen molar-refractivity contribution in [3.8, 4) is 0 Å². The largest absolute Gasteiger partial charge is 0.756 e. The highest BCUT2D eigenvalue weighted by Gasteiger charge is 2.22. The fourth-order valence-electron chi connectivity index (χ4n) is 6.26. The van der Waals surface area contributed by atoms with E-state index < -0.39 is 44.7 Å². The Kier molecular flexibility index (Phi) is 31.0. The summed E-state index contributed by atoms with van der Waals surface area (Å²) < 4.78 is 40.0. The molecule has 1 aromatic heterocycles. The number of esters is 2. The number of carbonyl (C=O) groups excluding carboxylic acids is 2. The molecule has 1 heterocycles. The van der Waals surface area contributed by atoms with Crippen molar-refractivity contribution in [1.29, 1.82) is 0 Å². The van der Waals surface area contributed by atoms with Crippen molar-refractivity contribution in [1.82, 2.24) is 0 Å². The highest BCUT2D eigenvalue weighted by Crippen LogP contribution is 2.38. The number of quaternary nitrogens is 1. The molecule has 2 N–H and O–H groups in total. The minimum Gasteiger partial charge on any atom is -0.756 e. The molecule has 0 bridgehead atoms. The van der Waals surface area contributed by atoms with Gasteiger partial charge >= 0.3 is 11.9 Å². The minimum atomic E-state index is -4.71. The Bertz CT molecular complexity index is 1490. The third kappa shape index (κ3) is 30.8. The number of unbranched alkanes of at least 4 members (excludes halogenated alkanes) is 10. The van der Waals surface area contributed by atoms with E-state index in [1.807, 2.05) is 27.2 Å². The fraction of sp³-hybridized carbons (Fsp3) is 0.708. The van der Waals surface area contributed by atoms with Gasteiger partial charge in [0, 0.05) is 25.7 Å². The fourth-order valence-corrected chi connectivity index (χ4v) is 6.99. The lowest BCUT2D eigenvalue weighted by Crippen LogP contribution is -2.37. The standard InChI is InChI=1S/C48H82NO11P/c1-8-10-12-13-16-22-28-42(50)29-23-19-20-24-30-43(51)31-27-35-48(53)59-44(39-58-61(54,55)57-37-36-49(5,6)7)38-56-47(52)34-26-18-15-14-17-25-33-46-41(4)40(3)45(60-46)32-21-11-9-2/h16,19-20,22-24,29-30,42-44,50-51H,8-15,17-18,21,25-28,31-39H2,1-7H3/b20-19+,22-16-,29-23+,30-24-/t42-,43-,44+/m0/s1. The van der Waals surface area contributed by atoms with E-state index in [9.17, 15) is 29.3 Å². The van der Waals surface area contributed by atoms with E-state index in [-0.39, 0.29) is 32.5 Å². The average molecular weight is 880 g/mol. The van der Waals surface area contributed by atoms with Crippen molar-refractivity contribution in [2.75, 3.05) is 47.5 Å². The topological polar surface area (TPSA) is 165 Å². The van der Waals surface area contributed by atoms with Crippen LogP contribution in [-0.2, 0) is 45.5 Å². The van der Waals surface area contributed by atoms with Gasteiger partial charge in [0.15, 0.2) is 6.10 Å². The van der Waals surface area contributed by atoms with E-state index >= 15 is 0 Å². The Labute approximate surface area is 368 Å². The zero-order valence-corrected chi connectivity index (χ0v) is 39.7. The van der Waals surface area contributed by atoms with Crippen molar-refractivity contribution < 1.29 is 56.7 Å². The molecule has 4 atom stereocenters. The van der Waals surface area contributed by atoms with E-state index in [0.29, 0.717) is 30.3 Å². The van der Waals surface area contributed by atoms with Gasteiger partial charge in [-0.15, -0.1) is 0 Å². The van der Waals surface area contributed by atoms with Crippen LogP contribution in [-0.4, -0.2) is 92.5 Å². The maximum atomic E-state index is 12.7. The number of aliphatic hydroxyl groups is 2. The van der Waals surface area contributed by atoms with Gasteiger partial charge in [-0.1, -0.05) is 114 Å². The highest BCUT2D eigenvalue weighted by atomic mass is 31.2. The summed E-state index contributed by atoms with van der Waals surface area (Å²) in [7, 11) is 0.977. The molecule has 0 fully saturated rings. The van der Waals surface area contributed by atoms with Gasteiger partial charge in [-0.3, -0.25) is 14.2 Å². The van der Waals surface area contributed by atoms with E-state index in [4.69, 9.17) is 22.9 Å². The van der Waals surface area contributed by atoms with Crippen molar-refractivity contribution in [2.24, 2.45) is 0 Å². The van der Waals surface area contributed by atoms with Crippen LogP contribution in [0.1, 0.15) is 152 Å². The second-order valence-electron chi connectivity index (χ2n) is 17.0. The molecule has 0 saturated heterocycles. The zero-order chi connectivity index (χ0) is 45.4. The van der Waals surface area contributed by atoms with Gasteiger partial charge in [-0.2, -0.15) is 0 Å². The van der Waals surface area contributed by atoms with Gasteiger partial charge in [0.2, 0.25) is 0 Å². The summed E-state index contributed by atoms with van der Waals surface area (Å²) in [5.74, 6) is 1.13. The SMILES string of the molecule is CCCCC/C=C\C[C@H](O)/C=C/C=C/C=C\[C@H](O)CCCC(=O)O[C@H](COC(=O)CCCCCCCCc1oc(CCCCC)c(C)c1C)COP(=O)([O-])OCC[N+](C)(C)C. The molecule has 0 saturated carbocycles. The molecule has 12 nitrogen and oxygen atoms in total. The summed E-state index contributed by atoms with van der Waals surface area (Å²) in [6.07, 6.45) is 28.9. The van der Waals surface area contributed by atoms with Crippen LogP contribution in [0.15, 0.2) is 53.0 Å². The molecule has 350 valence electrons. The number of furan rings is 1. The summed E-state index contributed by atoms with van der Waals surface area (Å²) in [5.41, 5.74) is 2.57. The molecule has 0 amide bonds. The van der Waals surface area contributed by atoms with Crippen LogP contribution in [0.2, 0.25) is 0 Å². The second kappa shape index (κ2) is 33.7. The van der Waals surface area contributed by atoms with Gasteiger partial charge in [0.05, 0.1) is 40.0 Å². The monoisotopic (exact) mass is 880 g/mol. The third-order valence-corrected chi connectivity index (χ3v) is 11.2. The summed E-state index contributed by atoms with van der Waals surface area (Å²) in [6.45, 7) is 8.09. The number of carbonyl (C=O) groups is 2. The van der Waals surface area contributed by atoms with E-state index in [2.05, 4.69) is 33.8 Å². The molecule has 0 aliphatic rings. The number of nitrogens with zero attached hydrogens (tertiary/aromatic N) is 1. The number of likely N-dealkylation sites (N-methyl/N-ethyl adjacent to an activating group) is 1. The number of phosphoric ester groups is 1. The minimum absolute atomic E-state index is 0.0469. The van der Waals surface area contributed by atoms with E-state index in [0.717, 1.165) is 75.7 Å². The van der Waals surface area contributed by atoms with Crippen LogP contribution in [0.5, 0.6) is 0 Å². The second-order valence-corrected chi connectivity index (χ2v) is 18.5. The van der Waals surface area contributed by atoms with Crippen molar-refractivity contribution in [3.63, 3.8) is 0 Å². The molecule has 0 aromatic carbocycles. The van der Waals surface area contributed by atoms with Crippen LogP contribution in [0.4, 0.5) is 0 Å². The van der Waals surface area contributed by atoms with Crippen molar-refractivity contribution in [2.45, 2.75) is 174 Å². The molecule has 0 aliphatic carbocycles. The lowest BCUT2D eigenvalue weighted by Gasteiger charge is -2.28. The highest BCUT2D eigenvalue weighted by molar-refractivity contribution is 7.45. The molecular formula is C48H82NO11P.